The van der Waals surface area contributed by atoms with Crippen molar-refractivity contribution < 1.29 is 9.72 Å². The van der Waals surface area contributed by atoms with Gasteiger partial charge in [0.2, 0.25) is 5.91 Å². The molecule has 0 heterocycles. The normalized spacial score (nSPS) is 11.3. The van der Waals surface area contributed by atoms with Gasteiger partial charge in [-0.3, -0.25) is 14.9 Å². The van der Waals surface area contributed by atoms with E-state index in [4.69, 9.17) is 0 Å². The zero-order valence-electron chi connectivity index (χ0n) is 12.2. The molecule has 1 aromatic rings. The molecule has 0 saturated heterocycles. The predicted molar refractivity (Wildman–Crippen MR) is 75.6 cm³/mol. The van der Waals surface area contributed by atoms with Crippen LogP contribution in [0.2, 0.25) is 0 Å². The highest BCUT2D eigenvalue weighted by Gasteiger charge is 2.29. The fourth-order valence-electron chi connectivity index (χ4n) is 2.15. The number of aryl methyl sites for hydroxylation is 1. The number of nitrogens with zero attached hydrogens (tertiary/aromatic N) is 1. The first-order valence-electron chi connectivity index (χ1n) is 6.12. The van der Waals surface area contributed by atoms with E-state index in [1.165, 1.54) is 6.92 Å². The van der Waals surface area contributed by atoms with Gasteiger partial charge in [0.05, 0.1) is 16.2 Å². The van der Waals surface area contributed by atoms with Crippen molar-refractivity contribution in [3.8, 4) is 0 Å². The molecule has 0 fully saturated rings. The first kappa shape index (κ1) is 15.1. The number of hydrogen-bond acceptors (Lipinski definition) is 3. The summed E-state index contributed by atoms with van der Waals surface area (Å²) in [5, 5.41) is 14.0. The highest BCUT2D eigenvalue weighted by atomic mass is 16.6. The molecule has 0 aliphatic carbocycles. The maximum atomic E-state index is 11.3. The molecule has 0 spiro atoms. The number of anilines is 1. The lowest BCUT2D eigenvalue weighted by atomic mass is 9.83. The third kappa shape index (κ3) is 3.10. The van der Waals surface area contributed by atoms with Gasteiger partial charge in [-0.25, -0.2) is 0 Å². The van der Waals surface area contributed by atoms with Crippen LogP contribution in [0.4, 0.5) is 11.4 Å². The lowest BCUT2D eigenvalue weighted by molar-refractivity contribution is -0.386. The first-order valence-corrected chi connectivity index (χ1v) is 6.12. The number of benzene rings is 1. The van der Waals surface area contributed by atoms with Gasteiger partial charge < -0.3 is 5.32 Å². The number of hydrogen-bond donors (Lipinski definition) is 1. The van der Waals surface area contributed by atoms with E-state index in [1.807, 2.05) is 27.7 Å². The second-order valence-corrected chi connectivity index (χ2v) is 5.78. The average molecular weight is 264 g/mol. The number of carbonyl (C=O) groups excluding carboxylic acids is 1. The van der Waals surface area contributed by atoms with Crippen molar-refractivity contribution in [1.82, 2.24) is 0 Å². The Morgan fingerprint density at radius 1 is 1.32 bits per heavy atom. The SMILES string of the molecule is CC(=O)Nc1c(C)cc(C(C)(C)C)c([N+](=O)[O-])c1C. The summed E-state index contributed by atoms with van der Waals surface area (Å²) in [6.45, 7) is 10.7. The molecule has 1 aromatic carbocycles. The number of nitrogens with one attached hydrogen (secondary N) is 1. The van der Waals surface area contributed by atoms with Crippen molar-refractivity contribution >= 4 is 17.3 Å². The molecule has 0 aromatic heterocycles. The van der Waals surface area contributed by atoms with E-state index in [0.29, 0.717) is 16.8 Å². The Morgan fingerprint density at radius 3 is 2.21 bits per heavy atom. The summed E-state index contributed by atoms with van der Waals surface area (Å²) in [6.07, 6.45) is 0. The minimum absolute atomic E-state index is 0.0850. The summed E-state index contributed by atoms with van der Waals surface area (Å²) >= 11 is 0. The second kappa shape index (κ2) is 4.99. The lowest BCUT2D eigenvalue weighted by Crippen LogP contribution is -2.17. The van der Waals surface area contributed by atoms with Crippen molar-refractivity contribution in [2.24, 2.45) is 0 Å². The number of rotatable bonds is 2. The number of nitro benzene ring substituents is 1. The van der Waals surface area contributed by atoms with Gasteiger partial charge in [-0.05, 0) is 30.9 Å². The molecule has 0 aliphatic rings. The molecular weight excluding hydrogens is 244 g/mol. The van der Waals surface area contributed by atoms with E-state index in [9.17, 15) is 14.9 Å². The van der Waals surface area contributed by atoms with E-state index in [1.54, 1.807) is 13.0 Å². The van der Waals surface area contributed by atoms with Gasteiger partial charge >= 0.3 is 0 Å². The largest absolute Gasteiger partial charge is 0.326 e. The summed E-state index contributed by atoms with van der Waals surface area (Å²) in [4.78, 5) is 22.2. The van der Waals surface area contributed by atoms with Crippen LogP contribution in [-0.2, 0) is 10.2 Å². The van der Waals surface area contributed by atoms with Crippen LogP contribution in [-0.4, -0.2) is 10.8 Å². The first-order chi connectivity index (χ1) is 8.55. The molecule has 1 amide bonds. The third-order valence-corrected chi connectivity index (χ3v) is 3.03. The van der Waals surface area contributed by atoms with Crippen molar-refractivity contribution in [1.29, 1.82) is 0 Å². The number of carbonyl (C=O) groups is 1. The van der Waals surface area contributed by atoms with Gasteiger partial charge in [0.15, 0.2) is 0 Å². The van der Waals surface area contributed by atoms with Crippen LogP contribution in [0.1, 0.15) is 44.4 Å². The molecule has 104 valence electrons. The molecule has 5 nitrogen and oxygen atoms in total. The molecule has 0 unspecified atom stereocenters. The van der Waals surface area contributed by atoms with Crippen LogP contribution in [0, 0.1) is 24.0 Å². The van der Waals surface area contributed by atoms with Crippen LogP contribution in [0.15, 0.2) is 6.07 Å². The van der Waals surface area contributed by atoms with Crippen molar-refractivity contribution in [3.63, 3.8) is 0 Å². The highest BCUT2D eigenvalue weighted by Crippen LogP contribution is 2.39. The second-order valence-electron chi connectivity index (χ2n) is 5.78. The number of amides is 1. The smallest absolute Gasteiger partial charge is 0.278 e. The Hall–Kier alpha value is -1.91. The topological polar surface area (TPSA) is 72.2 Å². The van der Waals surface area contributed by atoms with Crippen LogP contribution in [0.3, 0.4) is 0 Å². The van der Waals surface area contributed by atoms with E-state index < -0.39 is 0 Å². The Labute approximate surface area is 113 Å². The molecule has 1 rings (SSSR count). The Kier molecular flexibility index (Phi) is 3.98. The molecule has 0 atom stereocenters. The van der Waals surface area contributed by atoms with Gasteiger partial charge in [-0.15, -0.1) is 0 Å². The fourth-order valence-corrected chi connectivity index (χ4v) is 2.15. The van der Waals surface area contributed by atoms with E-state index in [2.05, 4.69) is 5.32 Å². The molecule has 0 bridgehead atoms. The Balaban J connectivity index is 3.64. The van der Waals surface area contributed by atoms with E-state index >= 15 is 0 Å². The maximum absolute atomic E-state index is 11.3. The minimum Gasteiger partial charge on any atom is -0.326 e. The molecule has 1 N–H and O–H groups in total. The minimum atomic E-state index is -0.374. The van der Waals surface area contributed by atoms with Crippen molar-refractivity contribution in [2.45, 2.75) is 47.0 Å². The van der Waals surface area contributed by atoms with Crippen LogP contribution in [0.25, 0.3) is 0 Å². The Bertz CT molecular complexity index is 543. The standard InChI is InChI=1S/C14H20N2O3/c1-8-7-11(14(4,5)6)13(16(18)19)9(2)12(8)15-10(3)17/h7H,1-6H3,(H,15,17). The zero-order valence-corrected chi connectivity index (χ0v) is 12.2. The molecular formula is C14H20N2O3. The van der Waals surface area contributed by atoms with Crippen LogP contribution < -0.4 is 5.32 Å². The van der Waals surface area contributed by atoms with Crippen molar-refractivity contribution in [2.75, 3.05) is 5.32 Å². The molecule has 5 heteroatoms. The van der Waals surface area contributed by atoms with Crippen LogP contribution >= 0.6 is 0 Å². The molecule has 0 saturated carbocycles. The fraction of sp³-hybridized carbons (Fsp3) is 0.500. The van der Waals surface area contributed by atoms with Gasteiger partial charge in [0, 0.05) is 12.5 Å². The molecule has 19 heavy (non-hydrogen) atoms. The van der Waals surface area contributed by atoms with E-state index in [-0.39, 0.29) is 21.9 Å². The Morgan fingerprint density at radius 2 is 1.84 bits per heavy atom. The summed E-state index contributed by atoms with van der Waals surface area (Å²) in [5.74, 6) is -0.232. The van der Waals surface area contributed by atoms with Gasteiger partial charge in [0.1, 0.15) is 0 Å². The average Bonchev–Trinajstić information content (AvgIpc) is 2.20. The summed E-state index contributed by atoms with van der Waals surface area (Å²) in [6, 6.07) is 1.79. The van der Waals surface area contributed by atoms with Crippen LogP contribution in [0.5, 0.6) is 0 Å². The highest BCUT2D eigenvalue weighted by molar-refractivity contribution is 5.91. The molecule has 0 aliphatic heterocycles. The van der Waals surface area contributed by atoms with Crippen molar-refractivity contribution in [3.05, 3.63) is 32.9 Å². The molecule has 0 radical (unpaired) electrons. The quantitative estimate of drug-likeness (QED) is 0.656. The lowest BCUT2D eigenvalue weighted by Gasteiger charge is -2.22. The monoisotopic (exact) mass is 264 g/mol. The summed E-state index contributed by atoms with van der Waals surface area (Å²) in [5.41, 5.74) is 2.32. The third-order valence-electron chi connectivity index (χ3n) is 3.03. The van der Waals surface area contributed by atoms with Gasteiger partial charge in [-0.1, -0.05) is 20.8 Å². The number of nitro groups is 1. The summed E-state index contributed by atoms with van der Waals surface area (Å²) in [7, 11) is 0. The maximum Gasteiger partial charge on any atom is 0.278 e. The zero-order chi connectivity index (χ0) is 15.0. The predicted octanol–water partition coefficient (Wildman–Crippen LogP) is 3.47. The van der Waals surface area contributed by atoms with Gasteiger partial charge in [0.25, 0.3) is 5.69 Å². The van der Waals surface area contributed by atoms with Gasteiger partial charge in [-0.2, -0.15) is 0 Å². The van der Waals surface area contributed by atoms with E-state index in [0.717, 1.165) is 5.56 Å². The summed E-state index contributed by atoms with van der Waals surface area (Å²) < 4.78 is 0.